The normalized spacial score (nSPS) is 10.6. The zero-order valence-electron chi connectivity index (χ0n) is 16.3. The molecule has 0 radical (unpaired) electrons. The van der Waals surface area contributed by atoms with Crippen molar-refractivity contribution in [3.8, 4) is 11.5 Å². The van der Waals surface area contributed by atoms with Gasteiger partial charge in [0, 0.05) is 12.1 Å². The van der Waals surface area contributed by atoms with Crippen LogP contribution in [0.1, 0.15) is 22.7 Å². The van der Waals surface area contributed by atoms with E-state index >= 15 is 0 Å². The number of carbonyl (C=O) groups excluding carboxylic acids is 1. The van der Waals surface area contributed by atoms with Crippen molar-refractivity contribution >= 4 is 11.8 Å². The first kappa shape index (κ1) is 19.3. The van der Waals surface area contributed by atoms with Crippen molar-refractivity contribution in [2.75, 3.05) is 19.5 Å². The predicted octanol–water partition coefficient (Wildman–Crippen LogP) is 2.88. The Kier molecular flexibility index (Phi) is 5.83. The maximum atomic E-state index is 12.2. The molecular weight excluding hydrogens is 362 g/mol. The Hall–Kier alpha value is -3.49. The second-order valence-electron chi connectivity index (χ2n) is 6.25. The number of urea groups is 1. The fourth-order valence-electron chi connectivity index (χ4n) is 2.75. The molecule has 2 aromatic heterocycles. The van der Waals surface area contributed by atoms with Crippen LogP contribution in [0.3, 0.4) is 0 Å². The predicted molar refractivity (Wildman–Crippen MR) is 103 cm³/mol. The number of nitrogens with one attached hydrogen (secondary N) is 2. The van der Waals surface area contributed by atoms with Crippen molar-refractivity contribution in [2.45, 2.75) is 26.9 Å². The minimum atomic E-state index is -0.353. The monoisotopic (exact) mass is 385 g/mol. The molecule has 0 spiro atoms. The Balaban J connectivity index is 1.68. The average molecular weight is 385 g/mol. The molecule has 0 fully saturated rings. The van der Waals surface area contributed by atoms with Gasteiger partial charge in [-0.25, -0.2) is 9.48 Å². The lowest BCUT2D eigenvalue weighted by Gasteiger charge is -2.12. The SMILES string of the molecule is COc1ccc(Cn2nc(C)cc2NC(=O)NCc2cc(C)on2)cc1OC. The van der Waals surface area contributed by atoms with Gasteiger partial charge >= 0.3 is 6.03 Å². The second-order valence-corrected chi connectivity index (χ2v) is 6.25. The molecule has 28 heavy (non-hydrogen) atoms. The summed E-state index contributed by atoms with van der Waals surface area (Å²) in [5.41, 5.74) is 2.41. The largest absolute Gasteiger partial charge is 0.493 e. The lowest BCUT2D eigenvalue weighted by molar-refractivity contribution is 0.251. The summed E-state index contributed by atoms with van der Waals surface area (Å²) in [5.74, 6) is 2.57. The number of amides is 2. The Bertz CT molecular complexity index is 963. The number of anilines is 1. The van der Waals surface area contributed by atoms with E-state index in [-0.39, 0.29) is 12.6 Å². The zero-order valence-corrected chi connectivity index (χ0v) is 16.3. The Labute approximate surface area is 162 Å². The molecule has 9 heteroatoms. The molecule has 0 saturated carbocycles. The molecule has 0 saturated heterocycles. The first-order chi connectivity index (χ1) is 13.5. The van der Waals surface area contributed by atoms with Gasteiger partial charge in [0.15, 0.2) is 11.5 Å². The highest BCUT2D eigenvalue weighted by Crippen LogP contribution is 2.28. The van der Waals surface area contributed by atoms with Crippen LogP contribution >= 0.6 is 0 Å². The topological polar surface area (TPSA) is 103 Å². The Morgan fingerprint density at radius 3 is 2.61 bits per heavy atom. The first-order valence-electron chi connectivity index (χ1n) is 8.71. The smallest absolute Gasteiger partial charge is 0.320 e. The standard InChI is InChI=1S/C19H23N5O4/c1-12-7-18(21-19(25)20-10-15-8-13(2)28-23-15)24(22-12)11-14-5-6-16(26-3)17(9-14)27-4/h5-9H,10-11H2,1-4H3,(H2,20,21,25). The number of ether oxygens (including phenoxy) is 2. The van der Waals surface area contributed by atoms with E-state index in [4.69, 9.17) is 14.0 Å². The molecule has 0 unspecified atom stereocenters. The van der Waals surface area contributed by atoms with Crippen LogP contribution in [0.5, 0.6) is 11.5 Å². The highest BCUT2D eigenvalue weighted by molar-refractivity contribution is 5.88. The van der Waals surface area contributed by atoms with Gasteiger partial charge in [-0.2, -0.15) is 5.10 Å². The Morgan fingerprint density at radius 2 is 1.93 bits per heavy atom. The number of benzene rings is 1. The van der Waals surface area contributed by atoms with Gasteiger partial charge in [-0.15, -0.1) is 0 Å². The van der Waals surface area contributed by atoms with E-state index < -0.39 is 0 Å². The third-order valence-electron chi connectivity index (χ3n) is 4.03. The summed E-state index contributed by atoms with van der Waals surface area (Å²) in [5, 5.41) is 13.9. The van der Waals surface area contributed by atoms with Crippen molar-refractivity contribution < 1.29 is 18.8 Å². The lowest BCUT2D eigenvalue weighted by Crippen LogP contribution is -2.29. The molecule has 9 nitrogen and oxygen atoms in total. The summed E-state index contributed by atoms with van der Waals surface area (Å²) in [4.78, 5) is 12.2. The summed E-state index contributed by atoms with van der Waals surface area (Å²) in [6.07, 6.45) is 0. The van der Waals surface area contributed by atoms with Gasteiger partial charge in [0.2, 0.25) is 0 Å². The summed E-state index contributed by atoms with van der Waals surface area (Å²) < 4.78 is 17.3. The number of methoxy groups -OCH3 is 2. The highest BCUT2D eigenvalue weighted by Gasteiger charge is 2.12. The van der Waals surface area contributed by atoms with E-state index in [9.17, 15) is 4.79 Å². The number of aromatic nitrogens is 3. The molecule has 3 rings (SSSR count). The summed E-state index contributed by atoms with van der Waals surface area (Å²) >= 11 is 0. The van der Waals surface area contributed by atoms with Crippen LogP contribution in [-0.2, 0) is 13.1 Å². The molecule has 2 amide bonds. The van der Waals surface area contributed by atoms with Crippen molar-refractivity contribution in [3.05, 3.63) is 53.0 Å². The van der Waals surface area contributed by atoms with Crippen molar-refractivity contribution in [2.24, 2.45) is 0 Å². The van der Waals surface area contributed by atoms with Gasteiger partial charge in [-0.1, -0.05) is 11.2 Å². The maximum absolute atomic E-state index is 12.2. The molecule has 0 bridgehead atoms. The second kappa shape index (κ2) is 8.47. The minimum Gasteiger partial charge on any atom is -0.493 e. The first-order valence-corrected chi connectivity index (χ1v) is 8.71. The van der Waals surface area contributed by atoms with Crippen LogP contribution in [0.25, 0.3) is 0 Å². The quantitative estimate of drug-likeness (QED) is 0.648. The molecule has 0 aliphatic heterocycles. The number of nitrogens with zero attached hydrogens (tertiary/aromatic N) is 3. The maximum Gasteiger partial charge on any atom is 0.320 e. The third kappa shape index (κ3) is 4.61. The number of aryl methyl sites for hydroxylation is 2. The van der Waals surface area contributed by atoms with E-state index in [1.807, 2.05) is 25.1 Å². The van der Waals surface area contributed by atoms with Crippen LogP contribution in [0.2, 0.25) is 0 Å². The van der Waals surface area contributed by atoms with Gasteiger partial charge in [-0.05, 0) is 31.5 Å². The molecule has 2 N–H and O–H groups in total. The molecule has 1 aromatic carbocycles. The fraction of sp³-hybridized carbons (Fsp3) is 0.316. The summed E-state index contributed by atoms with van der Waals surface area (Å²) in [6.45, 7) is 4.40. The average Bonchev–Trinajstić information content (AvgIpc) is 3.24. The number of rotatable bonds is 7. The van der Waals surface area contributed by atoms with Crippen LogP contribution in [0, 0.1) is 13.8 Å². The molecule has 3 aromatic rings. The third-order valence-corrected chi connectivity index (χ3v) is 4.03. The van der Waals surface area contributed by atoms with E-state index in [2.05, 4.69) is 20.9 Å². The van der Waals surface area contributed by atoms with Crippen molar-refractivity contribution in [1.29, 1.82) is 0 Å². The number of hydrogen-bond donors (Lipinski definition) is 2. The molecule has 148 valence electrons. The van der Waals surface area contributed by atoms with Crippen LogP contribution in [0.15, 0.2) is 34.9 Å². The molecule has 0 aliphatic carbocycles. The lowest BCUT2D eigenvalue weighted by atomic mass is 10.2. The van der Waals surface area contributed by atoms with Crippen LogP contribution in [0.4, 0.5) is 10.6 Å². The Morgan fingerprint density at radius 1 is 1.14 bits per heavy atom. The molecule has 0 aliphatic rings. The van der Waals surface area contributed by atoms with Crippen LogP contribution < -0.4 is 20.1 Å². The zero-order chi connectivity index (χ0) is 20.1. The molecule has 2 heterocycles. The molecule has 0 atom stereocenters. The van der Waals surface area contributed by atoms with E-state index in [1.165, 1.54) is 0 Å². The fourth-order valence-corrected chi connectivity index (χ4v) is 2.75. The van der Waals surface area contributed by atoms with E-state index in [0.29, 0.717) is 35.3 Å². The minimum absolute atomic E-state index is 0.270. The summed E-state index contributed by atoms with van der Waals surface area (Å²) in [6, 6.07) is 8.87. The van der Waals surface area contributed by atoms with Gasteiger partial charge in [0.25, 0.3) is 0 Å². The van der Waals surface area contributed by atoms with E-state index in [1.54, 1.807) is 38.0 Å². The number of hydrogen-bond acceptors (Lipinski definition) is 6. The van der Waals surface area contributed by atoms with Gasteiger partial charge in [0.1, 0.15) is 17.3 Å². The van der Waals surface area contributed by atoms with Crippen molar-refractivity contribution in [3.63, 3.8) is 0 Å². The van der Waals surface area contributed by atoms with Gasteiger partial charge in [0.05, 0.1) is 33.0 Å². The molecular formula is C19H23N5O4. The van der Waals surface area contributed by atoms with E-state index in [0.717, 1.165) is 11.3 Å². The van der Waals surface area contributed by atoms with Gasteiger partial charge in [-0.3, -0.25) is 5.32 Å². The van der Waals surface area contributed by atoms with Crippen molar-refractivity contribution in [1.82, 2.24) is 20.3 Å². The van der Waals surface area contributed by atoms with Crippen LogP contribution in [-0.4, -0.2) is 35.2 Å². The number of carbonyl (C=O) groups is 1. The van der Waals surface area contributed by atoms with Gasteiger partial charge < -0.3 is 19.3 Å². The highest BCUT2D eigenvalue weighted by atomic mass is 16.5. The summed E-state index contributed by atoms with van der Waals surface area (Å²) in [7, 11) is 3.18.